The Labute approximate surface area is 113 Å². The number of thiophene rings is 1. The molecule has 2 rings (SSSR count). The maximum atomic E-state index is 12.1. The zero-order chi connectivity index (χ0) is 13.3. The van der Waals surface area contributed by atoms with Gasteiger partial charge in [-0.3, -0.25) is 4.79 Å². The molecule has 100 valence electrons. The van der Waals surface area contributed by atoms with Crippen molar-refractivity contribution in [1.29, 1.82) is 0 Å². The third-order valence-corrected chi connectivity index (χ3v) is 4.76. The molecule has 1 aliphatic rings. The van der Waals surface area contributed by atoms with Crippen molar-refractivity contribution in [2.75, 3.05) is 5.73 Å². The molecule has 1 aromatic heterocycles. The van der Waals surface area contributed by atoms with Crippen molar-refractivity contribution in [2.45, 2.75) is 46.1 Å². The highest BCUT2D eigenvalue weighted by atomic mass is 32.1. The molecule has 3 N–H and O–H groups in total. The van der Waals surface area contributed by atoms with E-state index in [0.29, 0.717) is 17.9 Å². The van der Waals surface area contributed by atoms with Crippen LogP contribution in [0.3, 0.4) is 0 Å². The average Bonchev–Trinajstić information content (AvgIpc) is 2.57. The molecule has 2 atom stereocenters. The minimum atomic E-state index is 0.0334. The van der Waals surface area contributed by atoms with Crippen LogP contribution in [-0.4, -0.2) is 11.9 Å². The smallest absolute Gasteiger partial charge is 0.261 e. The number of aryl methyl sites for hydroxylation is 1. The molecule has 3 nitrogen and oxygen atoms in total. The number of nitrogens with two attached hydrogens (primary N) is 1. The lowest BCUT2D eigenvalue weighted by Crippen LogP contribution is -2.39. The molecule has 1 amide bonds. The Balaban J connectivity index is 1.98. The van der Waals surface area contributed by atoms with Crippen LogP contribution >= 0.6 is 11.3 Å². The van der Waals surface area contributed by atoms with Crippen LogP contribution in [-0.2, 0) is 0 Å². The SMILES string of the molecule is Cc1sc(C(=O)NC2CC(C)CC(C)C2)cc1N. The van der Waals surface area contributed by atoms with Crippen LogP contribution in [0.15, 0.2) is 6.07 Å². The van der Waals surface area contributed by atoms with Crippen LogP contribution in [0.2, 0.25) is 0 Å². The summed E-state index contributed by atoms with van der Waals surface area (Å²) < 4.78 is 0. The summed E-state index contributed by atoms with van der Waals surface area (Å²) in [6.45, 7) is 6.48. The Hall–Kier alpha value is -1.03. The molecular formula is C14H22N2OS. The van der Waals surface area contributed by atoms with Gasteiger partial charge in [0.1, 0.15) is 0 Å². The number of hydrogen-bond acceptors (Lipinski definition) is 3. The number of anilines is 1. The Morgan fingerprint density at radius 1 is 1.33 bits per heavy atom. The second kappa shape index (κ2) is 5.31. The second-order valence-electron chi connectivity index (χ2n) is 5.71. The van der Waals surface area contributed by atoms with Gasteiger partial charge in [0.05, 0.1) is 4.88 Å². The van der Waals surface area contributed by atoms with Gasteiger partial charge in [0.25, 0.3) is 5.91 Å². The first kappa shape index (κ1) is 13.4. The summed E-state index contributed by atoms with van der Waals surface area (Å²) in [5.74, 6) is 1.44. The lowest BCUT2D eigenvalue weighted by molar-refractivity contribution is 0.0915. The first-order valence-corrected chi connectivity index (χ1v) is 7.44. The highest BCUT2D eigenvalue weighted by Gasteiger charge is 2.25. The molecule has 4 heteroatoms. The van der Waals surface area contributed by atoms with E-state index in [9.17, 15) is 4.79 Å². The van der Waals surface area contributed by atoms with Crippen molar-refractivity contribution in [1.82, 2.24) is 5.32 Å². The standard InChI is InChI=1S/C14H22N2OS/c1-8-4-9(2)6-11(5-8)16-14(17)13-7-12(15)10(3)18-13/h7-9,11H,4-6,15H2,1-3H3,(H,16,17). The Morgan fingerprint density at radius 3 is 2.44 bits per heavy atom. The molecular weight excluding hydrogens is 244 g/mol. The monoisotopic (exact) mass is 266 g/mol. The van der Waals surface area contributed by atoms with Crippen molar-refractivity contribution in [3.63, 3.8) is 0 Å². The first-order valence-electron chi connectivity index (χ1n) is 6.62. The fourth-order valence-electron chi connectivity index (χ4n) is 2.93. The van der Waals surface area contributed by atoms with Gasteiger partial charge in [-0.15, -0.1) is 11.3 Å². The number of rotatable bonds is 2. The summed E-state index contributed by atoms with van der Waals surface area (Å²) in [5.41, 5.74) is 6.50. The molecule has 0 aromatic carbocycles. The zero-order valence-electron chi connectivity index (χ0n) is 11.3. The maximum Gasteiger partial charge on any atom is 0.261 e. The molecule has 0 bridgehead atoms. The van der Waals surface area contributed by atoms with E-state index in [0.717, 1.165) is 28.3 Å². The number of nitrogens with one attached hydrogen (secondary N) is 1. The summed E-state index contributed by atoms with van der Waals surface area (Å²) in [7, 11) is 0. The van der Waals surface area contributed by atoms with Gasteiger partial charge in [-0.2, -0.15) is 0 Å². The second-order valence-corrected chi connectivity index (χ2v) is 6.97. The van der Waals surface area contributed by atoms with Crippen LogP contribution in [0.1, 0.15) is 47.7 Å². The van der Waals surface area contributed by atoms with Crippen LogP contribution in [0.4, 0.5) is 5.69 Å². The highest BCUT2D eigenvalue weighted by Crippen LogP contribution is 2.29. The number of amides is 1. The fraction of sp³-hybridized carbons (Fsp3) is 0.643. The van der Waals surface area contributed by atoms with E-state index in [1.807, 2.05) is 6.92 Å². The Kier molecular flexibility index (Phi) is 3.95. The van der Waals surface area contributed by atoms with Crippen LogP contribution < -0.4 is 11.1 Å². The third kappa shape index (κ3) is 3.05. The van der Waals surface area contributed by atoms with Crippen molar-refractivity contribution in [3.8, 4) is 0 Å². The molecule has 0 radical (unpaired) electrons. The molecule has 1 aromatic rings. The first-order chi connectivity index (χ1) is 8.45. The minimum absolute atomic E-state index is 0.0334. The lowest BCUT2D eigenvalue weighted by atomic mass is 9.80. The molecule has 1 saturated carbocycles. The predicted molar refractivity (Wildman–Crippen MR) is 76.9 cm³/mol. The number of hydrogen-bond donors (Lipinski definition) is 2. The average molecular weight is 266 g/mol. The molecule has 0 saturated heterocycles. The molecule has 1 fully saturated rings. The zero-order valence-corrected chi connectivity index (χ0v) is 12.1. The number of nitrogen functional groups attached to an aromatic ring is 1. The summed E-state index contributed by atoms with van der Waals surface area (Å²) in [6, 6.07) is 2.10. The van der Waals surface area contributed by atoms with E-state index in [2.05, 4.69) is 19.2 Å². The molecule has 1 aliphatic carbocycles. The molecule has 2 unspecified atom stereocenters. The van der Waals surface area contributed by atoms with Crippen molar-refractivity contribution >= 4 is 22.9 Å². The fourth-order valence-corrected chi connectivity index (χ4v) is 3.77. The van der Waals surface area contributed by atoms with Gasteiger partial charge in [-0.1, -0.05) is 13.8 Å². The topological polar surface area (TPSA) is 55.1 Å². The predicted octanol–water partition coefficient (Wildman–Crippen LogP) is 3.19. The van der Waals surface area contributed by atoms with Gasteiger partial charge < -0.3 is 11.1 Å². The lowest BCUT2D eigenvalue weighted by Gasteiger charge is -2.31. The van der Waals surface area contributed by atoms with Gasteiger partial charge in [-0.05, 0) is 44.1 Å². The highest BCUT2D eigenvalue weighted by molar-refractivity contribution is 7.14. The minimum Gasteiger partial charge on any atom is -0.398 e. The van der Waals surface area contributed by atoms with Gasteiger partial charge in [0.15, 0.2) is 0 Å². The van der Waals surface area contributed by atoms with Crippen molar-refractivity contribution in [3.05, 3.63) is 15.8 Å². The van der Waals surface area contributed by atoms with Gasteiger partial charge in [-0.25, -0.2) is 0 Å². The molecule has 0 aliphatic heterocycles. The third-order valence-electron chi connectivity index (χ3n) is 3.69. The van der Waals surface area contributed by atoms with Crippen LogP contribution in [0.5, 0.6) is 0 Å². The Bertz CT molecular complexity index is 412. The van der Waals surface area contributed by atoms with E-state index >= 15 is 0 Å². The van der Waals surface area contributed by atoms with Crippen LogP contribution in [0, 0.1) is 18.8 Å². The van der Waals surface area contributed by atoms with E-state index < -0.39 is 0 Å². The van der Waals surface area contributed by atoms with Gasteiger partial charge in [0, 0.05) is 16.6 Å². The van der Waals surface area contributed by atoms with E-state index in [1.54, 1.807) is 6.07 Å². The molecule has 18 heavy (non-hydrogen) atoms. The maximum absolute atomic E-state index is 12.1. The van der Waals surface area contributed by atoms with Crippen LogP contribution in [0.25, 0.3) is 0 Å². The summed E-state index contributed by atoms with van der Waals surface area (Å²) in [4.78, 5) is 13.9. The van der Waals surface area contributed by atoms with Gasteiger partial charge in [0.2, 0.25) is 0 Å². The van der Waals surface area contributed by atoms with Crippen molar-refractivity contribution in [2.24, 2.45) is 11.8 Å². The summed E-state index contributed by atoms with van der Waals surface area (Å²) in [5, 5.41) is 3.15. The molecule has 1 heterocycles. The largest absolute Gasteiger partial charge is 0.398 e. The van der Waals surface area contributed by atoms with Gasteiger partial charge >= 0.3 is 0 Å². The number of carbonyl (C=O) groups excluding carboxylic acids is 1. The van der Waals surface area contributed by atoms with E-state index in [-0.39, 0.29) is 5.91 Å². The van der Waals surface area contributed by atoms with E-state index in [4.69, 9.17) is 5.73 Å². The number of carbonyl (C=O) groups is 1. The summed E-state index contributed by atoms with van der Waals surface area (Å²) in [6.07, 6.45) is 3.46. The summed E-state index contributed by atoms with van der Waals surface area (Å²) >= 11 is 1.48. The quantitative estimate of drug-likeness (QED) is 0.863. The van der Waals surface area contributed by atoms with E-state index in [1.165, 1.54) is 17.8 Å². The van der Waals surface area contributed by atoms with Crippen molar-refractivity contribution < 1.29 is 4.79 Å². The molecule has 0 spiro atoms. The Morgan fingerprint density at radius 2 is 1.94 bits per heavy atom. The normalized spacial score (nSPS) is 28.1.